The summed E-state index contributed by atoms with van der Waals surface area (Å²) in [6.07, 6.45) is 1.14. The van der Waals surface area contributed by atoms with E-state index < -0.39 is 0 Å². The Morgan fingerprint density at radius 1 is 1.27 bits per heavy atom. The first-order valence-electron chi connectivity index (χ1n) is 7.75. The number of hydrogen-bond donors (Lipinski definition) is 1. The Balaban J connectivity index is 1.75. The smallest absolute Gasteiger partial charge is 0.101 e. The topological polar surface area (TPSA) is 52.0 Å². The molecule has 120 valence electrons. The lowest BCUT2D eigenvalue weighted by Crippen LogP contribution is -2.31. The van der Waals surface area contributed by atoms with E-state index in [2.05, 4.69) is 43.1 Å². The van der Waals surface area contributed by atoms with Crippen molar-refractivity contribution >= 4 is 11.3 Å². The molecule has 5 nitrogen and oxygen atoms in total. The van der Waals surface area contributed by atoms with Crippen molar-refractivity contribution in [2.24, 2.45) is 7.05 Å². The number of aromatic nitrogens is 3. The van der Waals surface area contributed by atoms with Crippen molar-refractivity contribution in [3.63, 3.8) is 0 Å². The van der Waals surface area contributed by atoms with Crippen LogP contribution in [-0.2, 0) is 18.3 Å². The van der Waals surface area contributed by atoms with Gasteiger partial charge in [-0.1, -0.05) is 0 Å². The highest BCUT2D eigenvalue weighted by molar-refractivity contribution is 7.11. The second-order valence-electron chi connectivity index (χ2n) is 6.02. The maximum Gasteiger partial charge on any atom is 0.101 e. The normalized spacial score (nSPS) is 21.7. The van der Waals surface area contributed by atoms with Gasteiger partial charge < -0.3 is 10.1 Å². The van der Waals surface area contributed by atoms with E-state index in [1.165, 1.54) is 16.1 Å². The fourth-order valence-electron chi connectivity index (χ4n) is 3.25. The van der Waals surface area contributed by atoms with Crippen LogP contribution in [0.2, 0.25) is 0 Å². The van der Waals surface area contributed by atoms with Crippen LogP contribution in [0.1, 0.15) is 45.1 Å². The Morgan fingerprint density at radius 2 is 2.05 bits per heavy atom. The van der Waals surface area contributed by atoms with Gasteiger partial charge in [0.1, 0.15) is 6.10 Å². The maximum absolute atomic E-state index is 6.02. The zero-order valence-corrected chi connectivity index (χ0v) is 14.8. The number of thiazole rings is 1. The fourth-order valence-corrected chi connectivity index (χ4v) is 4.13. The first-order chi connectivity index (χ1) is 10.5. The molecule has 0 spiro atoms. The minimum atomic E-state index is 0.100. The zero-order valence-electron chi connectivity index (χ0n) is 13.9. The number of rotatable bonds is 4. The Morgan fingerprint density at radius 3 is 2.64 bits per heavy atom. The van der Waals surface area contributed by atoms with E-state index >= 15 is 0 Å². The van der Waals surface area contributed by atoms with Crippen molar-refractivity contribution in [1.29, 1.82) is 0 Å². The third-order valence-corrected chi connectivity index (χ3v) is 5.54. The predicted octanol–water partition coefficient (Wildman–Crippen LogP) is 2.73. The van der Waals surface area contributed by atoms with E-state index in [4.69, 9.17) is 4.74 Å². The third-order valence-electron chi connectivity index (χ3n) is 4.47. The molecule has 0 aromatic carbocycles. The molecule has 2 aromatic rings. The summed E-state index contributed by atoms with van der Waals surface area (Å²) in [4.78, 5) is 5.82. The summed E-state index contributed by atoms with van der Waals surface area (Å²) < 4.78 is 7.97. The zero-order chi connectivity index (χ0) is 15.9. The molecule has 1 fully saturated rings. The van der Waals surface area contributed by atoms with E-state index in [1.807, 2.05) is 11.7 Å². The number of nitrogens with one attached hydrogen (secondary N) is 1. The molecule has 0 bridgehead atoms. The van der Waals surface area contributed by atoms with Crippen LogP contribution in [-0.4, -0.2) is 27.4 Å². The number of nitrogens with zero attached hydrogens (tertiary/aromatic N) is 3. The Kier molecular flexibility index (Phi) is 4.34. The van der Waals surface area contributed by atoms with Crippen LogP contribution in [0.3, 0.4) is 0 Å². The van der Waals surface area contributed by atoms with Gasteiger partial charge in [-0.2, -0.15) is 5.10 Å². The quantitative estimate of drug-likeness (QED) is 0.941. The first kappa shape index (κ1) is 15.6. The molecule has 3 rings (SSSR count). The molecule has 2 atom stereocenters. The van der Waals surface area contributed by atoms with Crippen LogP contribution in [0.25, 0.3) is 0 Å². The SMILES string of the molecule is Cc1nc(C)c(CN[C@H]2CCO[C@@H]2c2c(C)nn(C)c2C)s1. The lowest BCUT2D eigenvalue weighted by Gasteiger charge is -2.20. The minimum Gasteiger partial charge on any atom is -0.372 e. The molecule has 1 N–H and O–H groups in total. The highest BCUT2D eigenvalue weighted by Crippen LogP contribution is 2.33. The monoisotopic (exact) mass is 320 g/mol. The van der Waals surface area contributed by atoms with Crippen molar-refractivity contribution in [1.82, 2.24) is 20.1 Å². The summed E-state index contributed by atoms with van der Waals surface area (Å²) in [7, 11) is 1.99. The molecule has 2 aromatic heterocycles. The van der Waals surface area contributed by atoms with Crippen molar-refractivity contribution in [2.45, 2.75) is 52.8 Å². The van der Waals surface area contributed by atoms with Gasteiger partial charge in [0, 0.05) is 42.4 Å². The molecule has 0 radical (unpaired) electrons. The van der Waals surface area contributed by atoms with E-state index in [1.54, 1.807) is 11.3 Å². The molecule has 22 heavy (non-hydrogen) atoms. The average molecular weight is 320 g/mol. The molecule has 1 saturated heterocycles. The van der Waals surface area contributed by atoms with Crippen LogP contribution in [0.5, 0.6) is 0 Å². The Labute approximate surface area is 135 Å². The van der Waals surface area contributed by atoms with Crippen molar-refractivity contribution in [3.05, 3.63) is 32.5 Å². The average Bonchev–Trinajstić information content (AvgIpc) is 3.09. The molecule has 0 amide bonds. The van der Waals surface area contributed by atoms with Crippen LogP contribution in [0.4, 0.5) is 0 Å². The van der Waals surface area contributed by atoms with E-state index in [9.17, 15) is 0 Å². The molecule has 0 saturated carbocycles. The molecular formula is C16H24N4OS. The summed E-state index contributed by atoms with van der Waals surface area (Å²) >= 11 is 1.77. The Bertz CT molecular complexity index is 676. The summed E-state index contributed by atoms with van der Waals surface area (Å²) in [6.45, 7) is 9.99. The van der Waals surface area contributed by atoms with Crippen molar-refractivity contribution in [3.8, 4) is 0 Å². The first-order valence-corrected chi connectivity index (χ1v) is 8.57. The van der Waals surface area contributed by atoms with E-state index in [-0.39, 0.29) is 6.10 Å². The second-order valence-corrected chi connectivity index (χ2v) is 7.30. The third kappa shape index (κ3) is 2.83. The number of ether oxygens (including phenoxy) is 1. The van der Waals surface area contributed by atoms with Crippen LogP contribution in [0, 0.1) is 27.7 Å². The summed E-state index contributed by atoms with van der Waals surface area (Å²) in [5, 5.41) is 9.33. The highest BCUT2D eigenvalue weighted by Gasteiger charge is 2.33. The van der Waals surface area contributed by atoms with Crippen LogP contribution < -0.4 is 5.32 Å². The van der Waals surface area contributed by atoms with Gasteiger partial charge in [0.2, 0.25) is 0 Å². The molecule has 0 unspecified atom stereocenters. The van der Waals surface area contributed by atoms with Crippen molar-refractivity contribution < 1.29 is 4.74 Å². The van der Waals surface area contributed by atoms with Gasteiger partial charge in [-0.3, -0.25) is 4.68 Å². The molecule has 6 heteroatoms. The van der Waals surface area contributed by atoms with Crippen LogP contribution >= 0.6 is 11.3 Å². The van der Waals surface area contributed by atoms with Gasteiger partial charge in [-0.15, -0.1) is 11.3 Å². The van der Waals surface area contributed by atoms with Gasteiger partial charge in [0.05, 0.1) is 16.4 Å². The molecule has 3 heterocycles. The van der Waals surface area contributed by atoms with Crippen molar-refractivity contribution in [2.75, 3.05) is 6.61 Å². The van der Waals surface area contributed by atoms with E-state index in [0.29, 0.717) is 6.04 Å². The summed E-state index contributed by atoms with van der Waals surface area (Å²) in [5.74, 6) is 0. The number of hydrogen-bond acceptors (Lipinski definition) is 5. The fraction of sp³-hybridized carbons (Fsp3) is 0.625. The van der Waals surface area contributed by atoms with Gasteiger partial charge in [-0.05, 0) is 34.1 Å². The Hall–Kier alpha value is -1.24. The summed E-state index contributed by atoms with van der Waals surface area (Å²) in [5.41, 5.74) is 4.65. The largest absolute Gasteiger partial charge is 0.372 e. The van der Waals surface area contributed by atoms with Crippen LogP contribution in [0.15, 0.2) is 0 Å². The lowest BCUT2D eigenvalue weighted by atomic mass is 10.0. The lowest BCUT2D eigenvalue weighted by molar-refractivity contribution is 0.0974. The number of aryl methyl sites for hydroxylation is 4. The molecule has 1 aliphatic heterocycles. The van der Waals surface area contributed by atoms with Gasteiger partial charge in [-0.25, -0.2) is 4.98 Å². The molecule has 0 aliphatic carbocycles. The summed E-state index contributed by atoms with van der Waals surface area (Å²) in [6, 6.07) is 0.336. The minimum absolute atomic E-state index is 0.100. The maximum atomic E-state index is 6.02. The van der Waals surface area contributed by atoms with Gasteiger partial charge in [0.25, 0.3) is 0 Å². The van der Waals surface area contributed by atoms with Gasteiger partial charge >= 0.3 is 0 Å². The second kappa shape index (κ2) is 6.10. The van der Waals surface area contributed by atoms with Gasteiger partial charge in [0.15, 0.2) is 0 Å². The molecular weight excluding hydrogens is 296 g/mol. The van der Waals surface area contributed by atoms with E-state index in [0.717, 1.165) is 36.0 Å². The standard InChI is InChI=1S/C16H24N4OS/c1-9-14(22-12(4)18-9)8-17-13-6-7-21-16(13)15-10(2)19-20(5)11(15)3/h13,16-17H,6-8H2,1-5H3/t13-,16-/m0/s1. The molecule has 1 aliphatic rings. The highest BCUT2D eigenvalue weighted by atomic mass is 32.1. The predicted molar refractivity (Wildman–Crippen MR) is 88.2 cm³/mol.